The molecule has 84 valence electrons. The number of thiocarbonyl (C=S) groups is 1. The van der Waals surface area contributed by atoms with E-state index in [1.54, 1.807) is 23.5 Å². The lowest BCUT2D eigenvalue weighted by atomic mass is 10.4. The summed E-state index contributed by atoms with van der Waals surface area (Å²) in [5.74, 6) is -0.241. The van der Waals surface area contributed by atoms with Crippen molar-refractivity contribution < 1.29 is 4.79 Å². The predicted molar refractivity (Wildman–Crippen MR) is 72.3 cm³/mol. The molecule has 0 radical (unpaired) electrons. The first-order valence-electron chi connectivity index (χ1n) is 4.63. The van der Waals surface area contributed by atoms with Crippen LogP contribution >= 0.6 is 23.6 Å². The molecule has 3 nitrogen and oxygen atoms in total. The van der Waals surface area contributed by atoms with Crippen LogP contribution in [0.25, 0.3) is 6.08 Å². The Bertz CT molecular complexity index is 396. The topological polar surface area (TPSA) is 41.1 Å². The van der Waals surface area contributed by atoms with Crippen LogP contribution in [0, 0.1) is 0 Å². The summed E-state index contributed by atoms with van der Waals surface area (Å²) >= 11 is 6.46. The standard InChI is InChI=1S/C11H12N2OS2/c1-2-7-12-11(15)13-10(14)6-5-9-4-3-8-16-9/h2-6,8H,1,7H2,(H2,12,13,14,15). The molecule has 0 fully saturated rings. The number of hydrogen-bond donors (Lipinski definition) is 2. The van der Waals surface area contributed by atoms with Crippen molar-refractivity contribution in [2.24, 2.45) is 0 Å². The first-order chi connectivity index (χ1) is 7.72. The molecule has 1 aromatic heterocycles. The van der Waals surface area contributed by atoms with Gasteiger partial charge in [0, 0.05) is 17.5 Å². The van der Waals surface area contributed by atoms with Crippen molar-refractivity contribution in [1.82, 2.24) is 10.6 Å². The molecule has 16 heavy (non-hydrogen) atoms. The summed E-state index contributed by atoms with van der Waals surface area (Å²) in [5, 5.41) is 7.59. The number of hydrogen-bond acceptors (Lipinski definition) is 3. The molecule has 0 bridgehead atoms. The molecule has 2 N–H and O–H groups in total. The van der Waals surface area contributed by atoms with Gasteiger partial charge in [0.05, 0.1) is 0 Å². The Kier molecular flexibility index (Phi) is 5.45. The van der Waals surface area contributed by atoms with Gasteiger partial charge in [-0.15, -0.1) is 17.9 Å². The zero-order valence-electron chi connectivity index (χ0n) is 8.60. The molecule has 0 spiro atoms. The van der Waals surface area contributed by atoms with Gasteiger partial charge in [0.15, 0.2) is 5.11 Å². The Balaban J connectivity index is 2.36. The van der Waals surface area contributed by atoms with Gasteiger partial charge in [-0.2, -0.15) is 0 Å². The number of nitrogens with one attached hydrogen (secondary N) is 2. The van der Waals surface area contributed by atoms with Crippen LogP contribution in [-0.2, 0) is 4.79 Å². The largest absolute Gasteiger partial charge is 0.359 e. The Morgan fingerprint density at radius 3 is 3.06 bits per heavy atom. The number of thiophene rings is 1. The molecule has 0 saturated heterocycles. The quantitative estimate of drug-likeness (QED) is 0.489. The monoisotopic (exact) mass is 252 g/mol. The van der Waals surface area contributed by atoms with Crippen LogP contribution in [0.3, 0.4) is 0 Å². The second-order valence-corrected chi connectivity index (χ2v) is 4.22. The molecule has 0 aliphatic carbocycles. The minimum atomic E-state index is -0.241. The highest BCUT2D eigenvalue weighted by Gasteiger charge is 1.98. The van der Waals surface area contributed by atoms with Crippen LogP contribution in [0.1, 0.15) is 4.88 Å². The second-order valence-electron chi connectivity index (χ2n) is 2.84. The zero-order chi connectivity index (χ0) is 11.8. The van der Waals surface area contributed by atoms with E-state index in [9.17, 15) is 4.79 Å². The summed E-state index contributed by atoms with van der Waals surface area (Å²) in [7, 11) is 0. The van der Waals surface area contributed by atoms with Crippen molar-refractivity contribution in [3.05, 3.63) is 41.1 Å². The van der Waals surface area contributed by atoms with E-state index in [4.69, 9.17) is 12.2 Å². The van der Waals surface area contributed by atoms with Crippen LogP contribution in [0.5, 0.6) is 0 Å². The highest BCUT2D eigenvalue weighted by atomic mass is 32.1. The van der Waals surface area contributed by atoms with Gasteiger partial charge in [-0.3, -0.25) is 10.1 Å². The van der Waals surface area contributed by atoms with E-state index in [2.05, 4.69) is 17.2 Å². The van der Waals surface area contributed by atoms with Gasteiger partial charge < -0.3 is 5.32 Å². The summed E-state index contributed by atoms with van der Waals surface area (Å²) in [6.45, 7) is 4.07. The Labute approximate surface area is 104 Å². The fourth-order valence-electron chi connectivity index (χ4n) is 0.907. The molecule has 0 atom stereocenters. The molecule has 5 heteroatoms. The lowest BCUT2D eigenvalue weighted by Crippen LogP contribution is -2.38. The third-order valence-corrected chi connectivity index (χ3v) is 2.67. The molecule has 1 aromatic rings. The van der Waals surface area contributed by atoms with Gasteiger partial charge in [-0.05, 0) is 29.7 Å². The Morgan fingerprint density at radius 1 is 1.62 bits per heavy atom. The molecule has 0 aromatic carbocycles. The lowest BCUT2D eigenvalue weighted by Gasteiger charge is -2.04. The van der Waals surface area contributed by atoms with Crippen molar-refractivity contribution in [3.8, 4) is 0 Å². The average Bonchev–Trinajstić information content (AvgIpc) is 2.76. The highest BCUT2D eigenvalue weighted by Crippen LogP contribution is 2.09. The number of amides is 1. The molecule has 0 saturated carbocycles. The van der Waals surface area contributed by atoms with Crippen molar-refractivity contribution in [2.45, 2.75) is 0 Å². The van der Waals surface area contributed by atoms with Crippen LogP contribution in [0.2, 0.25) is 0 Å². The summed E-state index contributed by atoms with van der Waals surface area (Å²) in [5.41, 5.74) is 0. The maximum atomic E-state index is 11.4. The average molecular weight is 252 g/mol. The van der Waals surface area contributed by atoms with Gasteiger partial charge in [0.25, 0.3) is 0 Å². The predicted octanol–water partition coefficient (Wildman–Crippen LogP) is 1.94. The summed E-state index contributed by atoms with van der Waals surface area (Å²) in [6, 6.07) is 3.86. The first-order valence-corrected chi connectivity index (χ1v) is 5.92. The number of carbonyl (C=O) groups excluding carboxylic acids is 1. The van der Waals surface area contributed by atoms with Gasteiger partial charge >= 0.3 is 0 Å². The van der Waals surface area contributed by atoms with E-state index in [1.165, 1.54) is 6.08 Å². The molecular formula is C11H12N2OS2. The maximum Gasteiger partial charge on any atom is 0.250 e. The van der Waals surface area contributed by atoms with Crippen molar-refractivity contribution >= 4 is 40.7 Å². The van der Waals surface area contributed by atoms with E-state index in [0.717, 1.165) is 4.88 Å². The van der Waals surface area contributed by atoms with E-state index < -0.39 is 0 Å². The van der Waals surface area contributed by atoms with E-state index >= 15 is 0 Å². The highest BCUT2D eigenvalue weighted by molar-refractivity contribution is 7.80. The zero-order valence-corrected chi connectivity index (χ0v) is 10.2. The van der Waals surface area contributed by atoms with Gasteiger partial charge in [-0.25, -0.2) is 0 Å². The molecule has 1 amide bonds. The maximum absolute atomic E-state index is 11.4. The van der Waals surface area contributed by atoms with Crippen molar-refractivity contribution in [3.63, 3.8) is 0 Å². The number of rotatable bonds is 4. The molecule has 0 unspecified atom stereocenters. The molecule has 0 aliphatic rings. The van der Waals surface area contributed by atoms with Crippen LogP contribution < -0.4 is 10.6 Å². The fourth-order valence-corrected chi connectivity index (χ4v) is 1.71. The van der Waals surface area contributed by atoms with Crippen molar-refractivity contribution in [1.29, 1.82) is 0 Å². The first kappa shape index (κ1) is 12.6. The van der Waals surface area contributed by atoms with Gasteiger partial charge in [-0.1, -0.05) is 12.1 Å². The third kappa shape index (κ3) is 4.86. The van der Waals surface area contributed by atoms with Crippen LogP contribution in [-0.4, -0.2) is 17.6 Å². The van der Waals surface area contributed by atoms with E-state index in [-0.39, 0.29) is 5.91 Å². The van der Waals surface area contributed by atoms with Crippen LogP contribution in [0.15, 0.2) is 36.2 Å². The normalized spacial score (nSPS) is 10.0. The lowest BCUT2D eigenvalue weighted by molar-refractivity contribution is -0.115. The minimum absolute atomic E-state index is 0.241. The van der Waals surface area contributed by atoms with Crippen LogP contribution in [0.4, 0.5) is 0 Å². The smallest absolute Gasteiger partial charge is 0.250 e. The SMILES string of the molecule is C=CCNC(=S)NC(=O)C=Cc1cccs1. The Morgan fingerprint density at radius 2 is 2.44 bits per heavy atom. The summed E-state index contributed by atoms with van der Waals surface area (Å²) in [4.78, 5) is 12.4. The molecule has 1 heterocycles. The fraction of sp³-hybridized carbons (Fsp3) is 0.0909. The Hall–Kier alpha value is -1.46. The van der Waals surface area contributed by atoms with Gasteiger partial charge in [0.2, 0.25) is 5.91 Å². The summed E-state index contributed by atoms with van der Waals surface area (Å²) in [6.07, 6.45) is 4.86. The van der Waals surface area contributed by atoms with E-state index in [1.807, 2.05) is 17.5 Å². The molecular weight excluding hydrogens is 240 g/mol. The summed E-state index contributed by atoms with van der Waals surface area (Å²) < 4.78 is 0. The second kappa shape index (κ2) is 6.92. The van der Waals surface area contributed by atoms with Gasteiger partial charge in [0.1, 0.15) is 0 Å². The molecule has 0 aliphatic heterocycles. The molecule has 1 rings (SSSR count). The number of carbonyl (C=O) groups is 1. The van der Waals surface area contributed by atoms with E-state index in [0.29, 0.717) is 11.7 Å². The van der Waals surface area contributed by atoms with Crippen molar-refractivity contribution in [2.75, 3.05) is 6.54 Å². The minimum Gasteiger partial charge on any atom is -0.359 e. The third-order valence-electron chi connectivity index (χ3n) is 1.59.